The summed E-state index contributed by atoms with van der Waals surface area (Å²) in [6.07, 6.45) is 0. The Labute approximate surface area is 245 Å². The molecule has 0 atom stereocenters. The van der Waals surface area contributed by atoms with Gasteiger partial charge in [0.05, 0.1) is 33.8 Å². The maximum absolute atomic E-state index is 12.9. The minimum atomic E-state index is -4.00. The van der Waals surface area contributed by atoms with Gasteiger partial charge in [0.25, 0.3) is 10.0 Å². The van der Waals surface area contributed by atoms with Gasteiger partial charge in [0, 0.05) is 23.7 Å². The number of sulfonamides is 2. The van der Waals surface area contributed by atoms with Crippen molar-refractivity contribution >= 4 is 71.9 Å². The third kappa shape index (κ3) is 6.81. The molecule has 2 heterocycles. The van der Waals surface area contributed by atoms with Crippen molar-refractivity contribution < 1.29 is 56.2 Å². The number of nitrogens with zero attached hydrogens (tertiary/aromatic N) is 2. The summed E-state index contributed by atoms with van der Waals surface area (Å²) < 4.78 is 60.1. The Hall–Kier alpha value is -1.19. The van der Waals surface area contributed by atoms with Crippen molar-refractivity contribution in [3.8, 4) is 0 Å². The summed E-state index contributed by atoms with van der Waals surface area (Å²) in [6, 6.07) is 12.4. The van der Waals surface area contributed by atoms with Crippen LogP contribution in [0.25, 0.3) is 0 Å². The predicted octanol–water partition coefficient (Wildman–Crippen LogP) is 0.319. The average molecular weight is 598 g/mol. The smallest absolute Gasteiger partial charge is 0.858 e. The molecule has 0 aliphatic carbocycles. The molecule has 1 aliphatic rings. The van der Waals surface area contributed by atoms with Crippen molar-refractivity contribution in [3.05, 3.63) is 69.5 Å². The number of aliphatic imine (C=N–C) groups is 1. The van der Waals surface area contributed by atoms with Crippen LogP contribution in [0, 0.1) is 0 Å². The van der Waals surface area contributed by atoms with Crippen LogP contribution in [0.15, 0.2) is 68.7 Å². The quantitative estimate of drug-likeness (QED) is 0.237. The maximum atomic E-state index is 12.9. The number of hydrogen-bond acceptors (Lipinski definition) is 8. The molecule has 0 saturated carbocycles. The van der Waals surface area contributed by atoms with Crippen molar-refractivity contribution in [2.24, 2.45) is 4.99 Å². The Bertz CT molecular complexity index is 1470. The zero-order valence-electron chi connectivity index (χ0n) is 18.8. The van der Waals surface area contributed by atoms with Crippen LogP contribution in [0.4, 0.5) is 11.4 Å². The molecule has 1 fully saturated rings. The molecular weight excluding hydrogens is 580 g/mol. The first kappa shape index (κ1) is 29.4. The number of hydrogen-bond donors (Lipinski definition) is 1. The Morgan fingerprint density at radius 3 is 2.28 bits per heavy atom. The second kappa shape index (κ2) is 12.1. The van der Waals surface area contributed by atoms with Crippen molar-refractivity contribution in [2.45, 2.75) is 9.10 Å². The maximum Gasteiger partial charge on any atom is 1.00 e. The van der Waals surface area contributed by atoms with Crippen LogP contribution in [-0.2, 0) is 24.8 Å². The summed E-state index contributed by atoms with van der Waals surface area (Å²) in [6.45, 7) is 1.18. The van der Waals surface area contributed by atoms with Crippen molar-refractivity contribution in [1.29, 1.82) is 0 Å². The molecule has 0 spiro atoms. The largest absolute Gasteiger partial charge is 1.00 e. The van der Waals surface area contributed by atoms with Crippen molar-refractivity contribution in [2.75, 3.05) is 31.0 Å². The average Bonchev–Trinajstić information content (AvgIpc) is 3.28. The van der Waals surface area contributed by atoms with Crippen LogP contribution in [0.5, 0.6) is 0 Å². The Morgan fingerprint density at radius 2 is 1.67 bits per heavy atom. The molecule has 3 aromatic rings. The van der Waals surface area contributed by atoms with Crippen LogP contribution >= 0.6 is 34.5 Å². The number of morpholine rings is 1. The van der Waals surface area contributed by atoms with Crippen LogP contribution in [0.2, 0.25) is 9.36 Å². The number of halogens is 2. The van der Waals surface area contributed by atoms with Crippen molar-refractivity contribution in [1.82, 2.24) is 4.31 Å². The molecule has 1 N–H and O–H groups in total. The van der Waals surface area contributed by atoms with E-state index < -0.39 is 25.9 Å². The van der Waals surface area contributed by atoms with Gasteiger partial charge < -0.3 is 9.84 Å². The zero-order valence-corrected chi connectivity index (χ0v) is 24.8. The van der Waals surface area contributed by atoms with Crippen LogP contribution in [0.1, 0.15) is 5.56 Å². The summed E-state index contributed by atoms with van der Waals surface area (Å²) >= 11 is 12.7. The van der Waals surface area contributed by atoms with E-state index in [1.54, 1.807) is 0 Å². The van der Waals surface area contributed by atoms with Gasteiger partial charge >= 0.3 is 29.6 Å². The molecule has 2 aromatic carbocycles. The van der Waals surface area contributed by atoms with E-state index >= 15 is 0 Å². The zero-order chi connectivity index (χ0) is 25.2. The van der Waals surface area contributed by atoms with Gasteiger partial charge in [-0.15, -0.1) is 11.3 Å². The van der Waals surface area contributed by atoms with E-state index in [1.807, 2.05) is 0 Å². The first-order chi connectivity index (χ1) is 16.6. The number of benzene rings is 2. The Kier molecular flexibility index (Phi) is 9.88. The van der Waals surface area contributed by atoms with Crippen molar-refractivity contribution in [3.63, 3.8) is 0 Å². The van der Waals surface area contributed by atoms with Gasteiger partial charge in [-0.2, -0.15) is 4.31 Å². The van der Waals surface area contributed by atoms with E-state index in [0.29, 0.717) is 17.6 Å². The van der Waals surface area contributed by atoms with E-state index in [9.17, 15) is 21.9 Å². The first-order valence-electron chi connectivity index (χ1n) is 10.1. The number of anilines is 1. The van der Waals surface area contributed by atoms with Crippen LogP contribution < -0.4 is 39.4 Å². The molecule has 1 aliphatic heterocycles. The fourth-order valence-corrected chi connectivity index (χ4v) is 7.37. The fourth-order valence-electron chi connectivity index (χ4n) is 3.23. The number of ether oxygens (including phenoxy) is 1. The molecule has 1 aromatic heterocycles. The molecule has 0 bridgehead atoms. The van der Waals surface area contributed by atoms with E-state index in [-0.39, 0.29) is 73.7 Å². The van der Waals surface area contributed by atoms with Gasteiger partial charge in [-0.1, -0.05) is 23.2 Å². The molecule has 4 rings (SSSR count). The van der Waals surface area contributed by atoms with Gasteiger partial charge in [-0.3, -0.25) is 9.71 Å². The summed E-state index contributed by atoms with van der Waals surface area (Å²) in [5.41, 5.74) is 0.0997. The fraction of sp³-hybridized carbons (Fsp3) is 0.190. The third-order valence-corrected chi connectivity index (χ3v) is 10.2. The molecule has 0 amide bonds. The number of nitrogens with one attached hydrogen (secondary N) is 1. The first-order valence-corrected chi connectivity index (χ1v) is 14.6. The molecule has 0 unspecified atom stereocenters. The molecule has 9 nitrogen and oxygen atoms in total. The van der Waals surface area contributed by atoms with E-state index in [0.717, 1.165) is 11.3 Å². The second-order valence-corrected chi connectivity index (χ2v) is 13.3. The van der Waals surface area contributed by atoms with Crippen LogP contribution in [-0.4, -0.2) is 53.3 Å². The number of thiophene rings is 1. The summed E-state index contributed by atoms with van der Waals surface area (Å²) in [4.78, 5) is 4.06. The Morgan fingerprint density at radius 1 is 1.00 bits per heavy atom. The van der Waals surface area contributed by atoms with Gasteiger partial charge in [0.2, 0.25) is 10.0 Å². The predicted molar refractivity (Wildman–Crippen MR) is 134 cm³/mol. The molecule has 15 heteroatoms. The standard InChI is InChI=1S/C21H19Cl2N3O6S3.Na/c22-14-1-6-18(25-34(28,29)20-8-7-19(23)33-20)17(13-14)21(27)24-15-2-4-16(5-3-15)35(30,31)26-9-11-32-12-10-26;/h1-8,13,25H,9-12H2,(H,24,27);/q;+1/p-1. The second-order valence-electron chi connectivity index (χ2n) is 7.28. The molecule has 36 heavy (non-hydrogen) atoms. The molecule has 1 saturated heterocycles. The van der Waals surface area contributed by atoms with Gasteiger partial charge in [-0.25, -0.2) is 16.8 Å². The van der Waals surface area contributed by atoms with Gasteiger partial charge in [0.1, 0.15) is 4.21 Å². The van der Waals surface area contributed by atoms with E-state index in [2.05, 4.69) is 9.71 Å². The van der Waals surface area contributed by atoms with Gasteiger partial charge in [0.15, 0.2) is 0 Å². The third-order valence-electron chi connectivity index (χ3n) is 4.94. The monoisotopic (exact) mass is 597 g/mol. The SMILES string of the molecule is O=S(=O)(Nc1ccc(Cl)cc1C([O-])=Nc1ccc(S(=O)(=O)N2CCOCC2)cc1)c1ccc(Cl)s1.[Na+]. The van der Waals surface area contributed by atoms with Crippen LogP contribution in [0.3, 0.4) is 0 Å². The van der Waals surface area contributed by atoms with E-state index in [1.165, 1.54) is 58.9 Å². The van der Waals surface area contributed by atoms with Gasteiger partial charge in [-0.05, 0) is 60.5 Å². The summed E-state index contributed by atoms with van der Waals surface area (Å²) in [5.74, 6) is -0.766. The normalized spacial score (nSPS) is 15.3. The minimum Gasteiger partial charge on any atom is -0.858 e. The number of rotatable bonds is 7. The van der Waals surface area contributed by atoms with E-state index in [4.69, 9.17) is 27.9 Å². The summed E-state index contributed by atoms with van der Waals surface area (Å²) in [7, 11) is -7.69. The minimum absolute atomic E-state index is 0. The molecular formula is C21H18Cl2N3NaO6S3. The molecule has 186 valence electrons. The Balaban J connectivity index is 0.00000361. The topological polar surface area (TPSA) is 128 Å². The summed E-state index contributed by atoms with van der Waals surface area (Å²) in [5, 5.41) is 13.1. The molecule has 0 radical (unpaired) electrons.